The molecule has 300 valence electrons. The molecule has 3 aliphatic heterocycles. The lowest BCUT2D eigenvalue weighted by molar-refractivity contribution is -0.162. The molecule has 3 heterocycles. The van der Waals surface area contributed by atoms with Gasteiger partial charge in [-0.15, -0.1) is 0 Å². The molecule has 1 aromatic carbocycles. The first-order valence-corrected chi connectivity index (χ1v) is 19.5. The molecular weight excluding hydrogens is 738 g/mol. The van der Waals surface area contributed by atoms with Gasteiger partial charge in [-0.2, -0.15) is 11.8 Å². The van der Waals surface area contributed by atoms with Crippen LogP contribution in [0.1, 0.15) is 73.3 Å². The number of hydrogen-bond donors (Lipinski definition) is 2. The molecule has 0 saturated carbocycles. The van der Waals surface area contributed by atoms with Crippen LogP contribution in [0.2, 0.25) is 5.02 Å². The van der Waals surface area contributed by atoms with Crippen molar-refractivity contribution in [1.82, 2.24) is 10.2 Å². The first kappa shape index (κ1) is 43.4. The highest BCUT2D eigenvalue weighted by Crippen LogP contribution is 2.49. The van der Waals surface area contributed by atoms with Gasteiger partial charge in [0.25, 0.3) is 0 Å². The summed E-state index contributed by atoms with van der Waals surface area (Å²) in [7, 11) is 6.06. The van der Waals surface area contributed by atoms with E-state index in [0.29, 0.717) is 23.6 Å². The van der Waals surface area contributed by atoms with Gasteiger partial charge in [-0.05, 0) is 44.9 Å². The molecule has 3 amide bonds. The highest BCUT2D eigenvalue weighted by atomic mass is 35.5. The quantitative estimate of drug-likeness (QED) is 0.256. The van der Waals surface area contributed by atoms with Crippen molar-refractivity contribution in [2.45, 2.75) is 121 Å². The summed E-state index contributed by atoms with van der Waals surface area (Å²) in [6.07, 6.45) is 1.23. The monoisotopic (exact) mass is 793 g/mol. The Bertz CT molecular complexity index is 1650. The van der Waals surface area contributed by atoms with Crippen LogP contribution in [-0.2, 0) is 39.8 Å². The number of thioether (sulfide) groups is 1. The van der Waals surface area contributed by atoms with Crippen molar-refractivity contribution in [3.63, 3.8) is 0 Å². The normalized spacial score (nSPS) is 31.2. The van der Waals surface area contributed by atoms with Gasteiger partial charge in [0.15, 0.2) is 5.72 Å². The molecule has 13 nitrogen and oxygen atoms in total. The number of methoxy groups -OCH3 is 2. The maximum atomic E-state index is 14.2. The molecule has 8 atom stereocenters. The number of amides is 3. The van der Waals surface area contributed by atoms with E-state index in [1.807, 2.05) is 13.0 Å². The van der Waals surface area contributed by atoms with Gasteiger partial charge in [-0.25, -0.2) is 9.59 Å². The average Bonchev–Trinajstić information content (AvgIpc) is 3.79. The number of alkyl carbamates (subject to hydrolysis) is 1. The SMILES string of the molecule is COc1cc2cc(c1Cl)N(C)C(=O)C[C@@H](OC(=O)[C@H](C)N(C)C(=O)CCSC(C)(C)C)[C@]1(C)OC1[C@H](C)[C@@H]1C[C@@](O)(NC(=O)O1)[C@H](OC)/C=C\C=C(/C)C2. The third-order valence-corrected chi connectivity index (χ3v) is 12.0. The number of nitrogens with one attached hydrogen (secondary N) is 1. The molecular formula is C39H56ClN3O10S. The molecule has 0 aromatic heterocycles. The van der Waals surface area contributed by atoms with Gasteiger partial charge in [-0.1, -0.05) is 63.1 Å². The number of likely N-dealkylation sites (N-methyl/N-ethyl adjacent to an activating group) is 1. The summed E-state index contributed by atoms with van der Waals surface area (Å²) >= 11 is 8.42. The second kappa shape index (κ2) is 17.2. The number of halogens is 1. The fourth-order valence-electron chi connectivity index (χ4n) is 6.84. The number of aliphatic hydroxyl groups is 1. The molecule has 54 heavy (non-hydrogen) atoms. The Labute approximate surface area is 328 Å². The lowest BCUT2D eigenvalue weighted by atomic mass is 9.83. The van der Waals surface area contributed by atoms with Gasteiger partial charge >= 0.3 is 12.1 Å². The molecule has 3 aliphatic rings. The Morgan fingerprint density at radius 3 is 2.56 bits per heavy atom. The summed E-state index contributed by atoms with van der Waals surface area (Å²) in [6, 6.07) is 2.63. The van der Waals surface area contributed by atoms with E-state index < -0.39 is 65.7 Å². The first-order chi connectivity index (χ1) is 25.1. The van der Waals surface area contributed by atoms with Crippen molar-refractivity contribution in [3.8, 4) is 5.75 Å². The van der Waals surface area contributed by atoms with Crippen LogP contribution in [0.4, 0.5) is 10.5 Å². The van der Waals surface area contributed by atoms with Gasteiger partial charge in [0, 0.05) is 50.5 Å². The van der Waals surface area contributed by atoms with Crippen LogP contribution >= 0.6 is 23.4 Å². The van der Waals surface area contributed by atoms with Gasteiger partial charge in [0.05, 0.1) is 25.3 Å². The van der Waals surface area contributed by atoms with Crippen LogP contribution in [0, 0.1) is 5.92 Å². The van der Waals surface area contributed by atoms with Crippen LogP contribution in [0.3, 0.4) is 0 Å². The van der Waals surface area contributed by atoms with Crippen LogP contribution in [0.15, 0.2) is 35.9 Å². The van der Waals surface area contributed by atoms with Crippen molar-refractivity contribution in [2.75, 3.05) is 39.0 Å². The van der Waals surface area contributed by atoms with E-state index >= 15 is 0 Å². The van der Waals surface area contributed by atoms with Crippen molar-refractivity contribution < 1.29 is 48.0 Å². The Balaban J connectivity index is 1.72. The number of allylic oxidation sites excluding steroid dienone is 3. The van der Waals surface area contributed by atoms with Crippen molar-refractivity contribution >= 4 is 52.9 Å². The Morgan fingerprint density at radius 2 is 1.93 bits per heavy atom. The number of rotatable bonds is 8. The Kier molecular flexibility index (Phi) is 13.9. The van der Waals surface area contributed by atoms with Crippen LogP contribution < -0.4 is 15.0 Å². The molecule has 2 N–H and O–H groups in total. The van der Waals surface area contributed by atoms with Crippen molar-refractivity contribution in [3.05, 3.63) is 46.5 Å². The number of epoxide rings is 1. The number of carbonyl (C=O) groups excluding carboxylic acids is 4. The first-order valence-electron chi connectivity index (χ1n) is 18.1. The fraction of sp³-hybridized carbons (Fsp3) is 0.641. The van der Waals surface area contributed by atoms with E-state index in [4.69, 9.17) is 35.3 Å². The molecule has 1 unspecified atom stereocenters. The molecule has 1 aromatic rings. The van der Waals surface area contributed by atoms with E-state index in [1.165, 1.54) is 24.0 Å². The van der Waals surface area contributed by atoms with Crippen LogP contribution in [-0.4, -0.2) is 114 Å². The molecule has 2 saturated heterocycles. The molecule has 0 aliphatic carbocycles. The van der Waals surface area contributed by atoms with Gasteiger partial charge in [-0.3, -0.25) is 14.9 Å². The Hall–Kier alpha value is -3.30. The smallest absolute Gasteiger partial charge is 0.409 e. The maximum absolute atomic E-state index is 14.2. The lowest BCUT2D eigenvalue weighted by Crippen LogP contribution is -2.63. The number of hydrogen-bond acceptors (Lipinski definition) is 11. The molecule has 2 fully saturated rings. The van der Waals surface area contributed by atoms with E-state index in [1.54, 1.807) is 70.9 Å². The zero-order valence-corrected chi connectivity index (χ0v) is 34.8. The second-order valence-electron chi connectivity index (χ2n) is 15.6. The molecule has 15 heteroatoms. The van der Waals surface area contributed by atoms with Crippen molar-refractivity contribution in [2.24, 2.45) is 5.92 Å². The molecule has 0 radical (unpaired) electrons. The molecule has 4 rings (SSSR count). The number of anilines is 1. The number of esters is 1. The lowest BCUT2D eigenvalue weighted by Gasteiger charge is -2.42. The third kappa shape index (κ3) is 10.1. The van der Waals surface area contributed by atoms with Gasteiger partial charge in [0.2, 0.25) is 11.8 Å². The highest BCUT2D eigenvalue weighted by Gasteiger charge is 2.64. The van der Waals surface area contributed by atoms with Crippen LogP contribution in [0.5, 0.6) is 5.75 Å². The number of benzene rings is 1. The minimum Gasteiger partial charge on any atom is -0.495 e. The highest BCUT2D eigenvalue weighted by molar-refractivity contribution is 8.00. The minimum absolute atomic E-state index is 0.0150. The molecule has 4 bridgehead atoms. The predicted molar refractivity (Wildman–Crippen MR) is 208 cm³/mol. The minimum atomic E-state index is -1.82. The zero-order chi connectivity index (χ0) is 40.3. The topological polar surface area (TPSA) is 156 Å². The Morgan fingerprint density at radius 1 is 1.24 bits per heavy atom. The number of fused-ring (bicyclic) bond motifs is 5. The fourth-order valence-corrected chi connectivity index (χ4v) is 8.04. The molecule has 0 spiro atoms. The summed E-state index contributed by atoms with van der Waals surface area (Å²) < 4.78 is 29.3. The summed E-state index contributed by atoms with van der Waals surface area (Å²) in [5, 5.41) is 14.5. The summed E-state index contributed by atoms with van der Waals surface area (Å²) in [4.78, 5) is 56.6. The number of carbonyl (C=O) groups is 4. The second-order valence-corrected chi connectivity index (χ2v) is 17.9. The maximum Gasteiger partial charge on any atom is 0.409 e. The zero-order valence-electron chi connectivity index (χ0n) is 33.2. The number of nitrogens with zero attached hydrogens (tertiary/aromatic N) is 2. The average molecular weight is 794 g/mol. The van der Waals surface area contributed by atoms with Crippen LogP contribution in [0.25, 0.3) is 0 Å². The van der Waals surface area contributed by atoms with E-state index in [0.717, 1.165) is 11.1 Å². The van der Waals surface area contributed by atoms with E-state index in [9.17, 15) is 24.3 Å². The number of ether oxygens (including phenoxy) is 5. The van der Waals surface area contributed by atoms with E-state index in [2.05, 4.69) is 26.1 Å². The predicted octanol–water partition coefficient (Wildman–Crippen LogP) is 5.44. The standard InChI is InChI=1S/C39H56ClN3O10S/c1-22-13-12-14-29(50-11)39(48)21-28(51-36(47)41-39)23(2)34-38(7,53-34)30(52-35(46)24(3)42(8)31(44)15-16-54-37(4,5)6)20-32(45)43(9)26-18-25(17-22)19-27(49-10)33(26)40/h12-14,18-19,23-24,28-30,34,48H,15-17,20-21H2,1-11H3,(H,41,47)/b14-12-,22-13+/t23-,24+,28+,29-,30-,34?,38+,39+/m1/s1. The third-order valence-electron chi connectivity index (χ3n) is 10.4. The van der Waals surface area contributed by atoms with Gasteiger partial charge < -0.3 is 38.6 Å². The summed E-state index contributed by atoms with van der Waals surface area (Å²) in [6.45, 7) is 13.2. The van der Waals surface area contributed by atoms with Crippen molar-refractivity contribution in [1.29, 1.82) is 0 Å². The van der Waals surface area contributed by atoms with Gasteiger partial charge in [0.1, 0.15) is 40.7 Å². The largest absolute Gasteiger partial charge is 0.495 e. The van der Waals surface area contributed by atoms with E-state index in [-0.39, 0.29) is 34.9 Å². The summed E-state index contributed by atoms with van der Waals surface area (Å²) in [5.74, 6) is -0.911. The summed E-state index contributed by atoms with van der Waals surface area (Å²) in [5.41, 5.74) is -0.893.